The summed E-state index contributed by atoms with van der Waals surface area (Å²) in [6, 6.07) is 0. The van der Waals surface area contributed by atoms with Crippen molar-refractivity contribution in [3.05, 3.63) is 0 Å². The molecule has 0 aliphatic carbocycles. The van der Waals surface area contributed by atoms with Crippen molar-refractivity contribution >= 4 is 25.3 Å². The number of rotatable bonds is 0. The summed E-state index contributed by atoms with van der Waals surface area (Å²) in [6.45, 7) is 0. The molecule has 0 rings (SSSR count). The van der Waals surface area contributed by atoms with Crippen molar-refractivity contribution in [3.63, 3.8) is 0 Å². The summed E-state index contributed by atoms with van der Waals surface area (Å²) in [5.74, 6) is 0. The van der Waals surface area contributed by atoms with Gasteiger partial charge in [-0.1, -0.05) is 0 Å². The molecule has 0 aromatic rings. The quantitative estimate of drug-likeness (QED) is 0.280. The summed E-state index contributed by atoms with van der Waals surface area (Å²) in [5, 5.41) is 0. The van der Waals surface area contributed by atoms with E-state index in [1.807, 2.05) is 0 Å². The van der Waals surface area contributed by atoms with Gasteiger partial charge in [0.25, 0.3) is 0 Å². The van der Waals surface area contributed by atoms with Crippen LogP contribution >= 0.6 is 7.91 Å². The molecule has 0 amide bonds. The minimum absolute atomic E-state index is 0. The van der Waals surface area contributed by atoms with Crippen LogP contribution in [-0.4, -0.2) is 17.4 Å². The standard InChI is InChI=1S/Al.FH2O3P.Li.V/c;1-5(2,3)4;;/h;(H2,2,3,4);;/q+3;;+1;/p-2. The van der Waals surface area contributed by atoms with Gasteiger partial charge < -0.3 is 14.4 Å². The molecule has 0 fully saturated rings. The van der Waals surface area contributed by atoms with Crippen LogP contribution in [0.2, 0.25) is 0 Å². The van der Waals surface area contributed by atoms with Crippen LogP contribution in [0.15, 0.2) is 0 Å². The molecule has 3 nitrogen and oxygen atoms in total. The van der Waals surface area contributed by atoms with Crippen molar-refractivity contribution < 1.29 is 56.0 Å². The number of hydrogen-bond donors (Lipinski definition) is 0. The van der Waals surface area contributed by atoms with Gasteiger partial charge in [0.1, 0.15) is 7.91 Å². The first-order valence-electron chi connectivity index (χ1n) is 0.717. The van der Waals surface area contributed by atoms with Crippen LogP contribution < -0.4 is 28.6 Å². The van der Waals surface area contributed by atoms with E-state index >= 15 is 0 Å². The number of halogens is 1. The molecule has 0 aromatic heterocycles. The third kappa shape index (κ3) is 112. The first kappa shape index (κ1) is 22.6. The van der Waals surface area contributed by atoms with Crippen LogP contribution in [0.4, 0.5) is 4.20 Å². The molecule has 0 unspecified atom stereocenters. The van der Waals surface area contributed by atoms with Gasteiger partial charge in [0, 0.05) is 18.6 Å². The van der Waals surface area contributed by atoms with E-state index in [1.54, 1.807) is 0 Å². The molecule has 8 heteroatoms. The van der Waals surface area contributed by atoms with Crippen molar-refractivity contribution in [3.8, 4) is 0 Å². The van der Waals surface area contributed by atoms with E-state index in [1.165, 1.54) is 0 Å². The van der Waals surface area contributed by atoms with Gasteiger partial charge in [0.2, 0.25) is 0 Å². The van der Waals surface area contributed by atoms with E-state index < -0.39 is 7.91 Å². The summed E-state index contributed by atoms with van der Waals surface area (Å²) >= 11 is 0. The van der Waals surface area contributed by atoms with Crippen LogP contribution in [0.25, 0.3) is 0 Å². The molecule has 0 heterocycles. The molecule has 0 atom stereocenters. The molecule has 0 aromatic carbocycles. The van der Waals surface area contributed by atoms with Gasteiger partial charge in [-0.2, -0.15) is 0 Å². The second kappa shape index (κ2) is 8.79. The van der Waals surface area contributed by atoms with Gasteiger partial charge in [-0.3, -0.25) is 0 Å². The van der Waals surface area contributed by atoms with Crippen LogP contribution in [0.1, 0.15) is 0 Å². The van der Waals surface area contributed by atoms with Gasteiger partial charge in [0.05, 0.1) is 0 Å². The van der Waals surface area contributed by atoms with E-state index in [4.69, 9.17) is 14.4 Å². The molecule has 0 aliphatic rings. The molecule has 8 heavy (non-hydrogen) atoms. The van der Waals surface area contributed by atoms with E-state index in [0.717, 1.165) is 0 Å². The Kier molecular flexibility index (Phi) is 24.8. The Balaban J connectivity index is -0.0000000267. The Labute approximate surface area is 80.9 Å². The maximum absolute atomic E-state index is 10.1. The number of hydrogen-bond acceptors (Lipinski definition) is 3. The summed E-state index contributed by atoms with van der Waals surface area (Å²) in [6.07, 6.45) is 0. The molecular formula is AlFLiO3PV+2. The molecule has 37 valence electrons. The zero-order valence-corrected chi connectivity index (χ0v) is 7.52. The minimum Gasteiger partial charge on any atom is -0.786 e. The normalized spacial score (nSPS) is 7.38. The second-order valence-electron chi connectivity index (χ2n) is 0.431. The summed E-state index contributed by atoms with van der Waals surface area (Å²) in [7, 11) is -5.64. The van der Waals surface area contributed by atoms with Crippen molar-refractivity contribution in [1.29, 1.82) is 0 Å². The van der Waals surface area contributed by atoms with Gasteiger partial charge in [0.15, 0.2) is 0 Å². The maximum Gasteiger partial charge on any atom is 3.00 e. The Bertz CT molecular complexity index is 65.4. The molecular weight excluding hydrogens is 183 g/mol. The van der Waals surface area contributed by atoms with Crippen molar-refractivity contribution in [2.24, 2.45) is 0 Å². The summed E-state index contributed by atoms with van der Waals surface area (Å²) < 4.78 is 18.6. The predicted molar refractivity (Wildman–Crippen MR) is 14.5 cm³/mol. The summed E-state index contributed by atoms with van der Waals surface area (Å²) in [4.78, 5) is 16.9. The topological polar surface area (TPSA) is 63.2 Å². The Hall–Kier alpha value is 1.79. The Morgan fingerprint density at radius 2 is 1.38 bits per heavy atom. The zero-order chi connectivity index (χ0) is 4.50. The van der Waals surface area contributed by atoms with Gasteiger partial charge >= 0.3 is 36.2 Å². The van der Waals surface area contributed by atoms with Crippen LogP contribution in [-0.2, 0) is 23.1 Å². The maximum atomic E-state index is 10.1. The molecule has 0 aliphatic heterocycles. The molecule has 1 radical (unpaired) electrons. The molecule has 0 bridgehead atoms. The third-order valence-electron chi connectivity index (χ3n) is 0. The smallest absolute Gasteiger partial charge is 0.786 e. The second-order valence-corrected chi connectivity index (χ2v) is 1.29. The first-order valence-corrected chi connectivity index (χ1v) is 2.15. The SMILES string of the molecule is O=P([O-])([O-])F.[Al+3].[Li+].[V]. The van der Waals surface area contributed by atoms with Crippen molar-refractivity contribution in [1.82, 2.24) is 0 Å². The predicted octanol–water partition coefficient (Wildman–Crippen LogP) is -4.59. The van der Waals surface area contributed by atoms with Crippen molar-refractivity contribution in [2.45, 2.75) is 0 Å². The van der Waals surface area contributed by atoms with Gasteiger partial charge in [-0.05, 0) is 0 Å². The Morgan fingerprint density at radius 1 is 1.38 bits per heavy atom. The zero-order valence-electron chi connectivity index (χ0n) is 4.07. The first-order chi connectivity index (χ1) is 2.00. The molecule has 0 spiro atoms. The van der Waals surface area contributed by atoms with Gasteiger partial charge in [-0.15, -0.1) is 0 Å². The van der Waals surface area contributed by atoms with E-state index in [-0.39, 0.29) is 54.8 Å². The summed E-state index contributed by atoms with van der Waals surface area (Å²) in [5.41, 5.74) is 0. The molecule has 0 saturated heterocycles. The minimum atomic E-state index is -5.64. The third-order valence-corrected chi connectivity index (χ3v) is 0. The van der Waals surface area contributed by atoms with Crippen LogP contribution in [0.5, 0.6) is 0 Å². The fourth-order valence-corrected chi connectivity index (χ4v) is 0. The average Bonchev–Trinajstić information content (AvgIpc) is 0.722. The largest absolute Gasteiger partial charge is 3.00 e. The van der Waals surface area contributed by atoms with Crippen molar-refractivity contribution in [2.75, 3.05) is 0 Å². The van der Waals surface area contributed by atoms with E-state index in [0.29, 0.717) is 0 Å². The molecule has 0 saturated carbocycles. The Morgan fingerprint density at radius 3 is 1.38 bits per heavy atom. The van der Waals surface area contributed by atoms with Crippen LogP contribution in [0.3, 0.4) is 0 Å². The average molecular weight is 183 g/mol. The fourth-order valence-electron chi connectivity index (χ4n) is 0. The monoisotopic (exact) mass is 183 g/mol. The van der Waals surface area contributed by atoms with Crippen LogP contribution in [0, 0.1) is 0 Å². The molecule has 0 N–H and O–H groups in total. The fraction of sp³-hybridized carbons (Fsp3) is 0. The van der Waals surface area contributed by atoms with Gasteiger partial charge in [-0.25, -0.2) is 4.20 Å². The van der Waals surface area contributed by atoms with E-state index in [2.05, 4.69) is 0 Å². The van der Waals surface area contributed by atoms with E-state index in [9.17, 15) is 4.20 Å².